The summed E-state index contributed by atoms with van der Waals surface area (Å²) in [4.78, 5) is 2.56. The van der Waals surface area contributed by atoms with Crippen molar-refractivity contribution in [1.29, 1.82) is 5.26 Å². The molecule has 1 N–H and O–H groups in total. The van der Waals surface area contributed by atoms with Crippen LogP contribution in [0.1, 0.15) is 43.4 Å². The van der Waals surface area contributed by atoms with Crippen LogP contribution in [0.3, 0.4) is 0 Å². The van der Waals surface area contributed by atoms with Crippen LogP contribution in [0.15, 0.2) is 0 Å². The summed E-state index contributed by atoms with van der Waals surface area (Å²) in [6, 6.07) is 4.13. The van der Waals surface area contributed by atoms with E-state index in [1.807, 2.05) is 18.7 Å². The van der Waals surface area contributed by atoms with E-state index in [4.69, 9.17) is 0 Å². The van der Waals surface area contributed by atoms with Crippen molar-refractivity contribution < 1.29 is 0 Å². The number of piperidine rings is 2. The predicted octanol–water partition coefficient (Wildman–Crippen LogP) is 2.03. The Kier molecular flexibility index (Phi) is 3.43. The Bertz CT molecular complexity index is 527. The SMILES string of the molecule is Cc1nn(C)c(NC2CC3CCCC(C2)N3C)c1C#N. The smallest absolute Gasteiger partial charge is 0.142 e. The molecule has 2 unspecified atom stereocenters. The molecule has 3 heterocycles. The molecule has 2 bridgehead atoms. The molecule has 0 saturated carbocycles. The van der Waals surface area contributed by atoms with Gasteiger partial charge in [0.25, 0.3) is 0 Å². The summed E-state index contributed by atoms with van der Waals surface area (Å²) in [5.74, 6) is 0.887. The third-order valence-electron chi connectivity index (χ3n) is 5.01. The average Bonchev–Trinajstić information content (AvgIpc) is 2.65. The van der Waals surface area contributed by atoms with Crippen LogP contribution in [0, 0.1) is 18.3 Å². The third-order valence-corrected chi connectivity index (χ3v) is 5.01. The van der Waals surface area contributed by atoms with Gasteiger partial charge in [-0.2, -0.15) is 10.4 Å². The molecule has 1 aromatic heterocycles. The van der Waals surface area contributed by atoms with Gasteiger partial charge < -0.3 is 10.2 Å². The Hall–Kier alpha value is -1.54. The first-order valence-corrected chi connectivity index (χ1v) is 7.52. The molecule has 5 heteroatoms. The Balaban J connectivity index is 1.78. The van der Waals surface area contributed by atoms with Crippen molar-refractivity contribution in [3.8, 4) is 6.07 Å². The predicted molar refractivity (Wildman–Crippen MR) is 78.5 cm³/mol. The van der Waals surface area contributed by atoms with Crippen molar-refractivity contribution in [2.24, 2.45) is 7.05 Å². The van der Waals surface area contributed by atoms with Gasteiger partial charge in [0.1, 0.15) is 17.5 Å². The van der Waals surface area contributed by atoms with Crippen molar-refractivity contribution in [3.05, 3.63) is 11.3 Å². The van der Waals surface area contributed by atoms with Gasteiger partial charge in [-0.1, -0.05) is 6.42 Å². The van der Waals surface area contributed by atoms with E-state index in [2.05, 4.69) is 28.4 Å². The minimum absolute atomic E-state index is 0.461. The maximum absolute atomic E-state index is 9.29. The monoisotopic (exact) mass is 273 g/mol. The lowest BCUT2D eigenvalue weighted by molar-refractivity contribution is 0.0607. The molecule has 2 aliphatic rings. The fourth-order valence-corrected chi connectivity index (χ4v) is 3.88. The van der Waals surface area contributed by atoms with Crippen LogP contribution in [-0.4, -0.2) is 39.9 Å². The second-order valence-corrected chi connectivity index (χ2v) is 6.26. The number of aromatic nitrogens is 2. The lowest BCUT2D eigenvalue weighted by Crippen LogP contribution is -2.53. The van der Waals surface area contributed by atoms with Gasteiger partial charge in [-0.15, -0.1) is 0 Å². The quantitative estimate of drug-likeness (QED) is 0.895. The zero-order valence-electron chi connectivity index (χ0n) is 12.6. The second-order valence-electron chi connectivity index (χ2n) is 6.26. The fourth-order valence-electron chi connectivity index (χ4n) is 3.88. The molecule has 2 fully saturated rings. The highest BCUT2D eigenvalue weighted by Crippen LogP contribution is 2.34. The first-order chi connectivity index (χ1) is 9.60. The highest BCUT2D eigenvalue weighted by atomic mass is 15.3. The van der Waals surface area contributed by atoms with Crippen LogP contribution in [0.25, 0.3) is 0 Å². The van der Waals surface area contributed by atoms with Crippen molar-refractivity contribution in [2.45, 2.75) is 57.2 Å². The van der Waals surface area contributed by atoms with Gasteiger partial charge in [-0.05, 0) is 39.7 Å². The summed E-state index contributed by atoms with van der Waals surface area (Å²) in [7, 11) is 4.17. The molecular weight excluding hydrogens is 250 g/mol. The molecule has 2 aliphatic heterocycles. The van der Waals surface area contributed by atoms with Gasteiger partial charge in [0.2, 0.25) is 0 Å². The van der Waals surface area contributed by atoms with E-state index < -0.39 is 0 Å². The van der Waals surface area contributed by atoms with E-state index in [1.54, 1.807) is 0 Å². The number of fused-ring (bicyclic) bond motifs is 2. The lowest BCUT2D eigenvalue weighted by atomic mass is 9.82. The van der Waals surface area contributed by atoms with E-state index in [1.165, 1.54) is 32.1 Å². The zero-order chi connectivity index (χ0) is 14.3. The Morgan fingerprint density at radius 3 is 2.50 bits per heavy atom. The molecule has 0 aliphatic carbocycles. The summed E-state index contributed by atoms with van der Waals surface area (Å²) in [6.45, 7) is 1.90. The van der Waals surface area contributed by atoms with Crippen LogP contribution >= 0.6 is 0 Å². The normalized spacial score (nSPS) is 30.0. The first-order valence-electron chi connectivity index (χ1n) is 7.52. The van der Waals surface area contributed by atoms with Crippen molar-refractivity contribution in [3.63, 3.8) is 0 Å². The number of nitrogens with one attached hydrogen (secondary N) is 1. The Morgan fingerprint density at radius 2 is 1.90 bits per heavy atom. The molecule has 108 valence electrons. The van der Waals surface area contributed by atoms with Crippen LogP contribution in [0.2, 0.25) is 0 Å². The maximum Gasteiger partial charge on any atom is 0.142 e. The van der Waals surface area contributed by atoms with E-state index >= 15 is 0 Å². The van der Waals surface area contributed by atoms with Crippen LogP contribution in [0.4, 0.5) is 5.82 Å². The number of nitrogens with zero attached hydrogens (tertiary/aromatic N) is 4. The number of rotatable bonds is 2. The number of hydrogen-bond acceptors (Lipinski definition) is 4. The summed E-state index contributed by atoms with van der Waals surface area (Å²) in [5.41, 5.74) is 1.50. The van der Waals surface area contributed by atoms with Crippen LogP contribution < -0.4 is 5.32 Å². The largest absolute Gasteiger partial charge is 0.366 e. The number of hydrogen-bond donors (Lipinski definition) is 1. The molecule has 2 atom stereocenters. The van der Waals surface area contributed by atoms with E-state index in [0.29, 0.717) is 23.7 Å². The summed E-state index contributed by atoms with van der Waals surface area (Å²) < 4.78 is 1.81. The Labute approximate surface area is 120 Å². The van der Waals surface area contributed by atoms with Gasteiger partial charge in [0, 0.05) is 25.2 Å². The van der Waals surface area contributed by atoms with Gasteiger partial charge in [0.05, 0.1) is 5.69 Å². The van der Waals surface area contributed by atoms with Crippen LogP contribution in [-0.2, 0) is 7.05 Å². The number of anilines is 1. The molecule has 0 radical (unpaired) electrons. The Morgan fingerprint density at radius 1 is 1.25 bits per heavy atom. The fraction of sp³-hybridized carbons (Fsp3) is 0.733. The molecule has 3 rings (SSSR count). The number of nitriles is 1. The van der Waals surface area contributed by atoms with Crippen LogP contribution in [0.5, 0.6) is 0 Å². The van der Waals surface area contributed by atoms with Gasteiger partial charge in [-0.25, -0.2) is 0 Å². The molecule has 20 heavy (non-hydrogen) atoms. The highest BCUT2D eigenvalue weighted by molar-refractivity contribution is 5.55. The zero-order valence-corrected chi connectivity index (χ0v) is 12.6. The first kappa shape index (κ1) is 13.4. The standard InChI is InChI=1S/C15H23N5/c1-10-14(9-16)15(20(3)18-10)17-11-7-12-5-4-6-13(8-11)19(12)2/h11-13,17H,4-8H2,1-3H3. The van der Waals surface area contributed by atoms with E-state index in [-0.39, 0.29) is 0 Å². The van der Waals surface area contributed by atoms with Crippen molar-refractivity contribution >= 4 is 5.82 Å². The third kappa shape index (κ3) is 2.18. The molecule has 0 spiro atoms. The summed E-state index contributed by atoms with van der Waals surface area (Å²) in [5, 5.41) is 17.2. The number of aryl methyl sites for hydroxylation is 2. The molecule has 1 aromatic rings. The van der Waals surface area contributed by atoms with Crippen molar-refractivity contribution in [2.75, 3.05) is 12.4 Å². The molecule has 5 nitrogen and oxygen atoms in total. The second kappa shape index (κ2) is 5.10. The molecule has 0 aromatic carbocycles. The minimum atomic E-state index is 0.461. The van der Waals surface area contributed by atoms with E-state index in [0.717, 1.165) is 11.5 Å². The topological polar surface area (TPSA) is 56.9 Å². The minimum Gasteiger partial charge on any atom is -0.366 e. The highest BCUT2D eigenvalue weighted by Gasteiger charge is 2.36. The van der Waals surface area contributed by atoms with Gasteiger partial charge in [-0.3, -0.25) is 4.68 Å². The summed E-state index contributed by atoms with van der Waals surface area (Å²) >= 11 is 0. The van der Waals surface area contributed by atoms with Gasteiger partial charge >= 0.3 is 0 Å². The lowest BCUT2D eigenvalue weighted by Gasteiger charge is -2.47. The summed E-state index contributed by atoms with van der Waals surface area (Å²) in [6.07, 6.45) is 6.31. The molecule has 0 amide bonds. The van der Waals surface area contributed by atoms with Gasteiger partial charge in [0.15, 0.2) is 0 Å². The molecular formula is C15H23N5. The molecule has 2 saturated heterocycles. The van der Waals surface area contributed by atoms with E-state index in [9.17, 15) is 5.26 Å². The average molecular weight is 273 g/mol. The maximum atomic E-state index is 9.29. The van der Waals surface area contributed by atoms with Crippen molar-refractivity contribution in [1.82, 2.24) is 14.7 Å².